The molecule has 0 radical (unpaired) electrons. The van der Waals surface area contributed by atoms with Crippen molar-refractivity contribution in [1.82, 2.24) is 5.32 Å². The molecule has 0 aliphatic rings. The summed E-state index contributed by atoms with van der Waals surface area (Å²) in [6.07, 6.45) is 20.8. The van der Waals surface area contributed by atoms with E-state index in [1.54, 1.807) is 0 Å². The maximum absolute atomic E-state index is 11.8. The highest BCUT2D eigenvalue weighted by Crippen LogP contribution is 2.12. The Morgan fingerprint density at radius 3 is 2.10 bits per heavy atom. The smallest absolute Gasteiger partial charge is 0.246 e. The van der Waals surface area contributed by atoms with Crippen LogP contribution in [0.2, 0.25) is 0 Å². The average Bonchev–Trinajstić information content (AvgIpc) is 2.75. The minimum atomic E-state index is -0.261. The summed E-state index contributed by atoms with van der Waals surface area (Å²) in [5.74, 6) is -0.216. The maximum Gasteiger partial charge on any atom is 0.246 e. The summed E-state index contributed by atoms with van der Waals surface area (Å²) in [6, 6.07) is -0.261. The number of carbonyl (C=O) groups is 1. The topological polar surface area (TPSA) is 93.8 Å². The van der Waals surface area contributed by atoms with E-state index in [2.05, 4.69) is 24.4 Å². The highest BCUT2D eigenvalue weighted by molar-refractivity contribution is 5.77. The fraction of sp³-hybridized carbons (Fsp3) is 0.875. The van der Waals surface area contributed by atoms with Crippen LogP contribution in [0.15, 0.2) is 12.2 Å². The molecule has 0 spiro atoms. The summed E-state index contributed by atoms with van der Waals surface area (Å²) >= 11 is 0. The van der Waals surface area contributed by atoms with E-state index in [0.29, 0.717) is 32.8 Å². The molecule has 30 heavy (non-hydrogen) atoms. The largest absolute Gasteiger partial charge is 0.394 e. The molecule has 4 N–H and O–H groups in total. The molecule has 0 aromatic rings. The maximum atomic E-state index is 11.8. The molecule has 0 aromatic heterocycles. The number of hydrogen-bond donors (Lipinski definition) is 3. The average molecular weight is 429 g/mol. The molecule has 0 aromatic carbocycles. The number of nitrogens with one attached hydrogen (secondary N) is 1. The summed E-state index contributed by atoms with van der Waals surface area (Å²) in [4.78, 5) is 11.8. The Morgan fingerprint density at radius 1 is 0.900 bits per heavy atom. The van der Waals surface area contributed by atoms with Crippen LogP contribution in [0.1, 0.15) is 90.4 Å². The van der Waals surface area contributed by atoms with Crippen LogP contribution in [-0.4, -0.2) is 56.6 Å². The third-order valence-corrected chi connectivity index (χ3v) is 5.01. The lowest BCUT2D eigenvalue weighted by Gasteiger charge is -2.14. The van der Waals surface area contributed by atoms with Gasteiger partial charge in [-0.15, -0.1) is 0 Å². The van der Waals surface area contributed by atoms with Gasteiger partial charge in [0.1, 0.15) is 6.61 Å². The van der Waals surface area contributed by atoms with Gasteiger partial charge in [-0.25, -0.2) is 0 Å². The van der Waals surface area contributed by atoms with Gasteiger partial charge in [0.2, 0.25) is 5.91 Å². The van der Waals surface area contributed by atoms with E-state index in [9.17, 15) is 9.90 Å². The molecular formula is C24H48N2O4. The molecule has 0 saturated heterocycles. The minimum absolute atomic E-state index is 0.0229. The van der Waals surface area contributed by atoms with E-state index in [0.717, 1.165) is 6.42 Å². The summed E-state index contributed by atoms with van der Waals surface area (Å²) < 4.78 is 10.4. The van der Waals surface area contributed by atoms with Crippen LogP contribution in [-0.2, 0) is 14.3 Å². The molecule has 0 rings (SSSR count). The van der Waals surface area contributed by atoms with Crippen molar-refractivity contribution in [3.8, 4) is 0 Å². The summed E-state index contributed by atoms with van der Waals surface area (Å²) in [5, 5.41) is 12.2. The first kappa shape index (κ1) is 29.1. The SMILES string of the molecule is CCCCCCCCCCCCC/C=C/CC(CO)NC(=O)COCCOCCN. The van der Waals surface area contributed by atoms with Gasteiger partial charge in [0, 0.05) is 6.54 Å². The number of unbranched alkanes of at least 4 members (excludes halogenated alkanes) is 11. The number of hydrogen-bond acceptors (Lipinski definition) is 5. The molecule has 1 atom stereocenters. The van der Waals surface area contributed by atoms with Gasteiger partial charge >= 0.3 is 0 Å². The molecule has 0 aliphatic heterocycles. The van der Waals surface area contributed by atoms with Crippen molar-refractivity contribution in [2.45, 2.75) is 96.4 Å². The molecule has 0 heterocycles. The fourth-order valence-electron chi connectivity index (χ4n) is 3.22. The van der Waals surface area contributed by atoms with Crippen LogP contribution < -0.4 is 11.1 Å². The van der Waals surface area contributed by atoms with Crippen LogP contribution in [0, 0.1) is 0 Å². The van der Waals surface area contributed by atoms with Crippen LogP contribution in [0.4, 0.5) is 0 Å². The number of aliphatic hydroxyl groups excluding tert-OH is 1. The van der Waals surface area contributed by atoms with Gasteiger partial charge in [-0.1, -0.05) is 83.3 Å². The van der Waals surface area contributed by atoms with Crippen molar-refractivity contribution in [2.24, 2.45) is 5.73 Å². The highest BCUT2D eigenvalue weighted by atomic mass is 16.5. The zero-order chi connectivity index (χ0) is 22.1. The van der Waals surface area contributed by atoms with E-state index >= 15 is 0 Å². The number of amides is 1. The predicted molar refractivity (Wildman–Crippen MR) is 125 cm³/mol. The number of aliphatic hydroxyl groups is 1. The molecule has 1 amide bonds. The first-order valence-electron chi connectivity index (χ1n) is 12.1. The van der Waals surface area contributed by atoms with Crippen molar-refractivity contribution in [3.63, 3.8) is 0 Å². The van der Waals surface area contributed by atoms with E-state index in [-0.39, 0.29) is 25.2 Å². The first-order chi connectivity index (χ1) is 14.7. The molecule has 0 aliphatic carbocycles. The van der Waals surface area contributed by atoms with Crippen molar-refractivity contribution in [3.05, 3.63) is 12.2 Å². The van der Waals surface area contributed by atoms with Gasteiger partial charge in [-0.2, -0.15) is 0 Å². The normalized spacial score (nSPS) is 12.5. The summed E-state index contributed by atoms with van der Waals surface area (Å²) in [6.45, 7) is 3.92. The number of rotatable bonds is 23. The van der Waals surface area contributed by atoms with Gasteiger partial charge in [0.25, 0.3) is 0 Å². The zero-order valence-electron chi connectivity index (χ0n) is 19.4. The Morgan fingerprint density at radius 2 is 1.50 bits per heavy atom. The van der Waals surface area contributed by atoms with Crippen LogP contribution >= 0.6 is 0 Å². The summed E-state index contributed by atoms with van der Waals surface area (Å²) in [7, 11) is 0. The summed E-state index contributed by atoms with van der Waals surface area (Å²) in [5.41, 5.74) is 5.31. The second kappa shape index (κ2) is 24.3. The fourth-order valence-corrected chi connectivity index (χ4v) is 3.22. The molecule has 178 valence electrons. The minimum Gasteiger partial charge on any atom is -0.394 e. The van der Waals surface area contributed by atoms with Crippen LogP contribution in [0.25, 0.3) is 0 Å². The molecular weight excluding hydrogens is 380 g/mol. The van der Waals surface area contributed by atoms with Crippen molar-refractivity contribution >= 4 is 5.91 Å². The van der Waals surface area contributed by atoms with Gasteiger partial charge < -0.3 is 25.6 Å². The Hall–Kier alpha value is -0.950. The van der Waals surface area contributed by atoms with E-state index in [1.807, 2.05) is 0 Å². The highest BCUT2D eigenvalue weighted by Gasteiger charge is 2.09. The van der Waals surface area contributed by atoms with E-state index in [4.69, 9.17) is 15.2 Å². The quantitative estimate of drug-likeness (QED) is 0.168. The van der Waals surface area contributed by atoms with Gasteiger partial charge in [0.15, 0.2) is 0 Å². The third kappa shape index (κ3) is 21.8. The van der Waals surface area contributed by atoms with Crippen molar-refractivity contribution in [1.29, 1.82) is 0 Å². The molecule has 1 unspecified atom stereocenters. The first-order valence-corrected chi connectivity index (χ1v) is 12.1. The van der Waals surface area contributed by atoms with Crippen LogP contribution in [0.5, 0.6) is 0 Å². The van der Waals surface area contributed by atoms with Crippen LogP contribution in [0.3, 0.4) is 0 Å². The molecule has 0 fully saturated rings. The Kier molecular flexibility index (Phi) is 23.6. The Balaban J connectivity index is 3.51. The third-order valence-electron chi connectivity index (χ3n) is 5.01. The van der Waals surface area contributed by atoms with E-state index < -0.39 is 0 Å². The molecule has 0 saturated carbocycles. The number of ether oxygens (including phenoxy) is 2. The second-order valence-corrected chi connectivity index (χ2v) is 7.93. The monoisotopic (exact) mass is 428 g/mol. The molecule has 0 bridgehead atoms. The lowest BCUT2D eigenvalue weighted by Crippen LogP contribution is -2.39. The predicted octanol–water partition coefficient (Wildman–Crippen LogP) is 4.10. The van der Waals surface area contributed by atoms with Gasteiger partial charge in [-0.05, 0) is 19.3 Å². The van der Waals surface area contributed by atoms with Crippen molar-refractivity contribution < 1.29 is 19.4 Å². The molecule has 6 nitrogen and oxygen atoms in total. The lowest BCUT2D eigenvalue weighted by molar-refractivity contribution is -0.127. The zero-order valence-corrected chi connectivity index (χ0v) is 19.4. The number of allylic oxidation sites excluding steroid dienone is 1. The Labute approximate surface area is 185 Å². The number of nitrogens with two attached hydrogens (primary N) is 1. The van der Waals surface area contributed by atoms with Crippen molar-refractivity contribution in [2.75, 3.05) is 39.6 Å². The Bertz CT molecular complexity index is 391. The second-order valence-electron chi connectivity index (χ2n) is 7.93. The number of carbonyl (C=O) groups excluding carboxylic acids is 1. The van der Waals surface area contributed by atoms with Gasteiger partial charge in [-0.3, -0.25) is 4.79 Å². The van der Waals surface area contributed by atoms with Gasteiger partial charge in [0.05, 0.1) is 32.5 Å². The van der Waals surface area contributed by atoms with E-state index in [1.165, 1.54) is 70.6 Å². The molecule has 6 heteroatoms. The standard InChI is InChI=1S/C24H48N2O4/c1-2-3-4-5-6-7-8-9-10-11-12-13-14-15-16-23(21-27)26-24(28)22-30-20-19-29-18-17-25/h14-15,23,27H,2-13,16-22,25H2,1H3,(H,26,28)/b15-14+. The lowest BCUT2D eigenvalue weighted by atomic mass is 10.1.